The van der Waals surface area contributed by atoms with E-state index >= 15 is 0 Å². The molecule has 8 heteroatoms. The van der Waals surface area contributed by atoms with Crippen LogP contribution in [-0.2, 0) is 9.73 Å². The molecule has 0 spiro atoms. The lowest BCUT2D eigenvalue weighted by atomic mass is 10.1. The zero-order valence-electron chi connectivity index (χ0n) is 15.4. The molecule has 3 rings (SSSR count). The lowest BCUT2D eigenvalue weighted by Gasteiger charge is -2.12. The predicted octanol–water partition coefficient (Wildman–Crippen LogP) is 4.67. The number of anilines is 2. The fourth-order valence-corrected chi connectivity index (χ4v) is 3.94. The second-order valence-electron chi connectivity index (χ2n) is 6.11. The van der Waals surface area contributed by atoms with Crippen LogP contribution < -0.4 is 5.32 Å². The van der Waals surface area contributed by atoms with Gasteiger partial charge >= 0.3 is 0 Å². The summed E-state index contributed by atoms with van der Waals surface area (Å²) in [6.07, 6.45) is 1.39. The summed E-state index contributed by atoms with van der Waals surface area (Å²) in [6, 6.07) is 7.33. The maximum Gasteiger partial charge on any atom is 0.142 e. The number of rotatable bonds is 5. The number of aromatic nitrogens is 2. The number of halogens is 1. The quantitative estimate of drug-likeness (QED) is 0.621. The van der Waals surface area contributed by atoms with Crippen molar-refractivity contribution in [2.75, 3.05) is 16.8 Å². The van der Waals surface area contributed by atoms with Crippen LogP contribution in [0, 0.1) is 12.7 Å². The van der Waals surface area contributed by atoms with Crippen molar-refractivity contribution in [3.8, 4) is 5.75 Å². The van der Waals surface area contributed by atoms with Crippen molar-refractivity contribution in [3.63, 3.8) is 0 Å². The summed E-state index contributed by atoms with van der Waals surface area (Å²) in [5, 5.41) is 13.7. The summed E-state index contributed by atoms with van der Waals surface area (Å²) < 4.78 is 30.3. The van der Waals surface area contributed by atoms with Crippen molar-refractivity contribution in [2.24, 2.45) is 4.36 Å². The number of nitrogens with zero attached hydrogens (tertiary/aromatic N) is 3. The first-order valence-electron chi connectivity index (χ1n) is 8.58. The van der Waals surface area contributed by atoms with Gasteiger partial charge in [-0.3, -0.25) is 0 Å². The van der Waals surface area contributed by atoms with Crippen LogP contribution in [0.5, 0.6) is 5.75 Å². The van der Waals surface area contributed by atoms with Crippen LogP contribution in [0.25, 0.3) is 10.9 Å². The molecule has 0 atom stereocenters. The standard InChI is InChI=1S/C19H21FN4O2S/c1-4-27(26,5-2)24-14-8-12(3)18-16(10-14)21-11-22-19(18)23-15-7-6-13(20)9-17(15)25/h6-11,25H,4-5H2,1-3H3,(H,21,22,23). The Bertz CT molecular complexity index is 1110. The summed E-state index contributed by atoms with van der Waals surface area (Å²) in [6.45, 7) is 5.62. The highest BCUT2D eigenvalue weighted by atomic mass is 32.2. The Kier molecular flexibility index (Phi) is 5.27. The number of aromatic hydroxyl groups is 1. The number of hydrogen-bond acceptors (Lipinski definition) is 6. The van der Waals surface area contributed by atoms with Crippen LogP contribution in [0.4, 0.5) is 21.6 Å². The first kappa shape index (κ1) is 19.0. The molecule has 0 aliphatic carbocycles. The van der Waals surface area contributed by atoms with Gasteiger partial charge in [-0.05, 0) is 36.8 Å². The van der Waals surface area contributed by atoms with Crippen molar-refractivity contribution in [3.05, 3.63) is 48.0 Å². The van der Waals surface area contributed by atoms with Gasteiger partial charge in [-0.15, -0.1) is 0 Å². The van der Waals surface area contributed by atoms with E-state index in [9.17, 15) is 13.7 Å². The molecule has 27 heavy (non-hydrogen) atoms. The largest absolute Gasteiger partial charge is 0.506 e. The number of aryl methyl sites for hydroxylation is 1. The zero-order valence-corrected chi connectivity index (χ0v) is 16.2. The van der Waals surface area contributed by atoms with E-state index in [-0.39, 0.29) is 5.75 Å². The number of phenols is 1. The molecule has 2 N–H and O–H groups in total. The molecule has 0 bridgehead atoms. The molecule has 1 heterocycles. The van der Waals surface area contributed by atoms with E-state index in [0.29, 0.717) is 34.2 Å². The third kappa shape index (κ3) is 4.00. The highest BCUT2D eigenvalue weighted by molar-refractivity contribution is 7.93. The van der Waals surface area contributed by atoms with Gasteiger partial charge in [-0.1, -0.05) is 13.8 Å². The topological polar surface area (TPSA) is 87.5 Å². The minimum absolute atomic E-state index is 0.211. The van der Waals surface area contributed by atoms with Crippen LogP contribution in [0.1, 0.15) is 19.4 Å². The fraction of sp³-hybridized carbons (Fsp3) is 0.263. The summed E-state index contributed by atoms with van der Waals surface area (Å²) >= 11 is 0. The summed E-state index contributed by atoms with van der Waals surface area (Å²) in [4.78, 5) is 8.55. The lowest BCUT2D eigenvalue weighted by molar-refractivity contribution is 0.471. The van der Waals surface area contributed by atoms with Crippen LogP contribution in [0.3, 0.4) is 0 Å². The maximum atomic E-state index is 13.2. The molecule has 6 nitrogen and oxygen atoms in total. The third-order valence-electron chi connectivity index (χ3n) is 4.31. The summed E-state index contributed by atoms with van der Waals surface area (Å²) in [5.74, 6) is 0.722. The van der Waals surface area contributed by atoms with Gasteiger partial charge < -0.3 is 10.4 Å². The van der Waals surface area contributed by atoms with Crippen LogP contribution in [0.15, 0.2) is 41.0 Å². The van der Waals surface area contributed by atoms with Crippen molar-refractivity contribution in [1.82, 2.24) is 9.97 Å². The van der Waals surface area contributed by atoms with E-state index in [4.69, 9.17) is 0 Å². The van der Waals surface area contributed by atoms with Crippen molar-refractivity contribution >= 4 is 37.8 Å². The number of benzene rings is 2. The zero-order chi connectivity index (χ0) is 19.6. The average molecular weight is 388 g/mol. The molecule has 0 saturated carbocycles. The van der Waals surface area contributed by atoms with Gasteiger partial charge in [0, 0.05) is 23.0 Å². The van der Waals surface area contributed by atoms with E-state index in [2.05, 4.69) is 19.6 Å². The molecule has 3 aromatic rings. The smallest absolute Gasteiger partial charge is 0.142 e. The molecule has 0 aliphatic heterocycles. The second-order valence-corrected chi connectivity index (χ2v) is 8.99. The predicted molar refractivity (Wildman–Crippen MR) is 107 cm³/mol. The van der Waals surface area contributed by atoms with Gasteiger partial charge in [0.05, 0.1) is 26.6 Å². The lowest BCUT2D eigenvalue weighted by Crippen LogP contribution is -2.05. The molecule has 142 valence electrons. The van der Waals surface area contributed by atoms with E-state index in [1.54, 1.807) is 6.07 Å². The van der Waals surface area contributed by atoms with Crippen molar-refractivity contribution in [1.29, 1.82) is 0 Å². The van der Waals surface area contributed by atoms with Gasteiger partial charge in [-0.2, -0.15) is 4.36 Å². The Morgan fingerprint density at radius 1 is 1.19 bits per heavy atom. The second kappa shape index (κ2) is 7.48. The molecule has 1 aromatic heterocycles. The molecule has 0 saturated heterocycles. The van der Waals surface area contributed by atoms with Gasteiger partial charge in [0.1, 0.15) is 23.7 Å². The Morgan fingerprint density at radius 2 is 1.93 bits per heavy atom. The summed E-state index contributed by atoms with van der Waals surface area (Å²) in [5.41, 5.74) is 2.44. The van der Waals surface area contributed by atoms with Gasteiger partial charge in [0.25, 0.3) is 0 Å². The third-order valence-corrected chi connectivity index (χ3v) is 6.65. The highest BCUT2D eigenvalue weighted by Crippen LogP contribution is 2.33. The van der Waals surface area contributed by atoms with E-state index in [1.807, 2.05) is 26.8 Å². The Morgan fingerprint density at radius 3 is 2.59 bits per heavy atom. The van der Waals surface area contributed by atoms with Gasteiger partial charge in [0.15, 0.2) is 0 Å². The Balaban J connectivity index is 2.11. The minimum atomic E-state index is -2.27. The fourth-order valence-electron chi connectivity index (χ4n) is 2.78. The normalized spacial score (nSPS) is 11.6. The van der Waals surface area contributed by atoms with Crippen LogP contribution in [0.2, 0.25) is 0 Å². The number of hydrogen-bond donors (Lipinski definition) is 2. The van der Waals surface area contributed by atoms with Crippen molar-refractivity contribution < 1.29 is 13.7 Å². The molecule has 2 aromatic carbocycles. The number of fused-ring (bicyclic) bond motifs is 1. The maximum absolute atomic E-state index is 13.2. The first-order chi connectivity index (χ1) is 12.8. The minimum Gasteiger partial charge on any atom is -0.506 e. The number of nitrogens with one attached hydrogen (secondary N) is 1. The van der Waals surface area contributed by atoms with Crippen LogP contribution >= 0.6 is 0 Å². The average Bonchev–Trinajstić information content (AvgIpc) is 2.63. The van der Waals surface area contributed by atoms with E-state index < -0.39 is 15.5 Å². The molecule has 0 aliphatic rings. The van der Waals surface area contributed by atoms with Crippen molar-refractivity contribution in [2.45, 2.75) is 20.8 Å². The molecule has 0 unspecified atom stereocenters. The molecule has 0 fully saturated rings. The first-order valence-corrected chi connectivity index (χ1v) is 10.4. The molecule has 0 amide bonds. The molecular weight excluding hydrogens is 367 g/mol. The van der Waals surface area contributed by atoms with Gasteiger partial charge in [0.2, 0.25) is 0 Å². The van der Waals surface area contributed by atoms with E-state index in [0.717, 1.165) is 17.0 Å². The Labute approximate surface area is 157 Å². The molecule has 0 radical (unpaired) electrons. The van der Waals surface area contributed by atoms with E-state index in [1.165, 1.54) is 18.5 Å². The molecular formula is C19H21FN4O2S. The van der Waals surface area contributed by atoms with Gasteiger partial charge in [-0.25, -0.2) is 18.6 Å². The highest BCUT2D eigenvalue weighted by Gasteiger charge is 2.12. The summed E-state index contributed by atoms with van der Waals surface area (Å²) in [7, 11) is -2.27. The van der Waals surface area contributed by atoms with Crippen LogP contribution in [-0.4, -0.2) is 30.8 Å². The monoisotopic (exact) mass is 388 g/mol. The number of phenolic OH excluding ortho intramolecular Hbond substituents is 1. The SMILES string of the molecule is CCS(=O)(CC)=Nc1cc(C)c2c(Nc3ccc(F)cc3O)ncnc2c1. The Hall–Kier alpha value is -2.74.